The fourth-order valence-corrected chi connectivity index (χ4v) is 2.48. The van der Waals surface area contributed by atoms with Gasteiger partial charge in [-0.2, -0.15) is 0 Å². The van der Waals surface area contributed by atoms with E-state index in [1.165, 1.54) is 0 Å². The highest BCUT2D eigenvalue weighted by molar-refractivity contribution is 14.2. The molecule has 0 spiro atoms. The van der Waals surface area contributed by atoms with Gasteiger partial charge < -0.3 is 4.52 Å². The molecule has 0 heterocycles. The van der Waals surface area contributed by atoms with Gasteiger partial charge in [0.15, 0.2) is 0 Å². The van der Waals surface area contributed by atoms with Crippen molar-refractivity contribution in [1.29, 1.82) is 0 Å². The Labute approximate surface area is 70.1 Å². The van der Waals surface area contributed by atoms with Gasteiger partial charge in [-0.05, 0) is 22.0 Å². The van der Waals surface area contributed by atoms with E-state index < -0.39 is 0 Å². The summed E-state index contributed by atoms with van der Waals surface area (Å²) in [5.41, 5.74) is 1.60. The van der Waals surface area contributed by atoms with Crippen LogP contribution in [-0.2, 0) is 9.36 Å². The summed E-state index contributed by atoms with van der Waals surface area (Å²) in [5.74, 6) is 0. The van der Waals surface area contributed by atoms with Crippen molar-refractivity contribution in [3.8, 4) is 0 Å². The Morgan fingerprint density at radius 3 is 2.89 bits per heavy atom. The molecule has 0 aromatic carbocycles. The highest BCUT2D eigenvalue weighted by Gasteiger charge is 1.85. The van der Waals surface area contributed by atoms with Crippen LogP contribution in [0.1, 0.15) is 0 Å². The fourth-order valence-electron chi connectivity index (χ4n) is 0.203. The van der Waals surface area contributed by atoms with Crippen LogP contribution < -0.4 is 5.64 Å². The lowest BCUT2D eigenvalue weighted by Crippen LogP contribution is -2.06. The van der Waals surface area contributed by atoms with Crippen molar-refractivity contribution in [2.45, 2.75) is 0 Å². The second-order valence-electron chi connectivity index (χ2n) is 0.996. The quantitative estimate of drug-likeness (QED) is 0.335. The molecule has 7 heteroatoms. The smallest absolute Gasteiger partial charge is 0.0894 e. The van der Waals surface area contributed by atoms with Crippen molar-refractivity contribution < 1.29 is 14.6 Å². The molecule has 0 rings (SSSR count). The summed E-state index contributed by atoms with van der Waals surface area (Å²) in [6.07, 6.45) is 1.21. The van der Waals surface area contributed by atoms with Gasteiger partial charge >= 0.3 is 0 Å². The van der Waals surface area contributed by atoms with Gasteiger partial charge in [-0.15, -0.1) is 0 Å². The van der Waals surface area contributed by atoms with Crippen molar-refractivity contribution in [2.75, 3.05) is 12.7 Å². The summed E-state index contributed by atoms with van der Waals surface area (Å²) in [5, 5.41) is 7.91. The van der Waals surface area contributed by atoms with Crippen LogP contribution in [0.25, 0.3) is 0 Å². The minimum atomic E-state index is 0.498. The van der Waals surface area contributed by atoms with Crippen LogP contribution in [-0.4, -0.2) is 17.9 Å². The van der Waals surface area contributed by atoms with Crippen LogP contribution in [0.5, 0.6) is 0 Å². The van der Waals surface area contributed by atoms with Gasteiger partial charge in [0.1, 0.15) is 0 Å². The Morgan fingerprint density at radius 1 is 1.56 bits per heavy atom. The van der Waals surface area contributed by atoms with E-state index in [2.05, 4.69) is 26.9 Å². The molecular formula is C2H8INO3P2. The molecule has 2 N–H and O–H groups in total. The lowest BCUT2D eigenvalue weighted by atomic mass is 11.7. The molecule has 0 saturated heterocycles. The van der Waals surface area contributed by atoms with E-state index >= 15 is 0 Å². The fraction of sp³-hybridized carbons (Fsp3) is 1.00. The lowest BCUT2D eigenvalue weighted by molar-refractivity contribution is -0.109. The van der Waals surface area contributed by atoms with Crippen LogP contribution in [0.2, 0.25) is 0 Å². The molecule has 0 fully saturated rings. The summed E-state index contributed by atoms with van der Waals surface area (Å²) >= 11 is 2.15. The normalized spacial score (nSPS) is 12.7. The van der Waals surface area contributed by atoms with Crippen LogP contribution in [0.4, 0.5) is 0 Å². The molecule has 0 amide bonds. The van der Waals surface area contributed by atoms with Gasteiger partial charge in [0, 0.05) is 0 Å². The summed E-state index contributed by atoms with van der Waals surface area (Å²) in [6.45, 7) is 0.508. The van der Waals surface area contributed by atoms with E-state index in [1.807, 2.05) is 0 Å². The Morgan fingerprint density at radius 2 is 2.33 bits per heavy atom. The second kappa shape index (κ2) is 9.43. The molecule has 0 radical (unpaired) electrons. The first kappa shape index (κ1) is 10.4. The maximum Gasteiger partial charge on any atom is 0.0894 e. The largest absolute Gasteiger partial charge is 0.348 e. The summed E-state index contributed by atoms with van der Waals surface area (Å²) in [7, 11) is 0.581. The Bertz CT molecular complexity index is 53.1. The van der Waals surface area contributed by atoms with Crippen LogP contribution in [0.15, 0.2) is 0 Å². The Hall–Kier alpha value is 1.43. The lowest BCUT2D eigenvalue weighted by Gasteiger charge is -1.99. The average molecular weight is 283 g/mol. The average Bonchev–Trinajstić information content (AvgIpc) is 1.89. The van der Waals surface area contributed by atoms with E-state index in [0.29, 0.717) is 27.7 Å². The zero-order valence-corrected chi connectivity index (χ0v) is 8.71. The second-order valence-corrected chi connectivity index (χ2v) is 3.84. The highest BCUT2D eigenvalue weighted by Crippen LogP contribution is 2.25. The van der Waals surface area contributed by atoms with Crippen molar-refractivity contribution in [3.05, 3.63) is 0 Å². The summed E-state index contributed by atoms with van der Waals surface area (Å²) in [4.78, 5) is 4.42. The van der Waals surface area contributed by atoms with Gasteiger partial charge in [0.25, 0.3) is 0 Å². The highest BCUT2D eigenvalue weighted by atomic mass is 127. The zero-order valence-electron chi connectivity index (χ0n) is 4.56. The predicted octanol–water partition coefficient (Wildman–Crippen LogP) is 1.45. The maximum atomic E-state index is 7.91. The monoisotopic (exact) mass is 283 g/mol. The SMILES string of the molecule is ONOCPCOPI. The molecule has 56 valence electrons. The van der Waals surface area contributed by atoms with E-state index in [9.17, 15) is 0 Å². The third kappa shape index (κ3) is 9.43. The van der Waals surface area contributed by atoms with E-state index in [4.69, 9.17) is 9.73 Å². The number of hydrogen-bond donors (Lipinski definition) is 2. The van der Waals surface area contributed by atoms with Crippen molar-refractivity contribution in [2.24, 2.45) is 0 Å². The third-order valence-corrected chi connectivity index (χ3v) is 2.64. The van der Waals surface area contributed by atoms with E-state index in [-0.39, 0.29) is 0 Å². The van der Waals surface area contributed by atoms with Crippen molar-refractivity contribution in [3.63, 3.8) is 0 Å². The molecule has 0 aromatic rings. The first-order chi connectivity index (χ1) is 4.41. The molecule has 0 aliphatic heterocycles. The van der Waals surface area contributed by atoms with Crippen molar-refractivity contribution >= 4 is 37.1 Å². The molecule has 2 atom stereocenters. The minimum Gasteiger partial charge on any atom is -0.348 e. The Balaban J connectivity index is 2.60. The standard InChI is InChI=1S/C2H8INO3P2/c3-9-7-2-8-1-6-4-5/h4-5,8-9H,1-2H2. The zero-order chi connectivity index (χ0) is 6.95. The van der Waals surface area contributed by atoms with Crippen LogP contribution in [0.3, 0.4) is 0 Å². The third-order valence-electron chi connectivity index (χ3n) is 0.468. The molecule has 2 unspecified atom stereocenters. The summed E-state index contributed by atoms with van der Waals surface area (Å²) < 4.78 is 5.02. The molecule has 9 heavy (non-hydrogen) atoms. The van der Waals surface area contributed by atoms with Gasteiger partial charge in [0.05, 0.1) is 19.1 Å². The molecule has 0 aromatic heterocycles. The van der Waals surface area contributed by atoms with Gasteiger partial charge in [-0.1, -0.05) is 14.2 Å². The first-order valence-electron chi connectivity index (χ1n) is 2.11. The predicted molar refractivity (Wildman–Crippen MR) is 47.5 cm³/mol. The van der Waals surface area contributed by atoms with E-state index in [0.717, 1.165) is 0 Å². The number of halogens is 1. The molecular weight excluding hydrogens is 275 g/mol. The maximum absolute atomic E-state index is 7.91. The number of nitrogens with one attached hydrogen (secondary N) is 1. The summed E-state index contributed by atoms with van der Waals surface area (Å²) in [6, 6.07) is 0. The van der Waals surface area contributed by atoms with Gasteiger partial charge in [-0.3, -0.25) is 10.0 Å². The van der Waals surface area contributed by atoms with Crippen LogP contribution >= 0.6 is 37.1 Å². The topological polar surface area (TPSA) is 50.7 Å². The molecule has 0 bridgehead atoms. The van der Waals surface area contributed by atoms with E-state index in [1.54, 1.807) is 5.64 Å². The molecule has 0 saturated carbocycles. The minimum absolute atomic E-state index is 0.498. The number of rotatable bonds is 6. The Kier molecular flexibility index (Phi) is 10.9. The van der Waals surface area contributed by atoms with Gasteiger partial charge in [-0.25, -0.2) is 0 Å². The first-order valence-corrected chi connectivity index (χ1v) is 7.54. The van der Waals surface area contributed by atoms with Gasteiger partial charge in [0.2, 0.25) is 0 Å². The number of hydrogen-bond acceptors (Lipinski definition) is 4. The van der Waals surface area contributed by atoms with Crippen LogP contribution in [0, 0.1) is 0 Å². The molecule has 0 aliphatic rings. The molecule has 0 aliphatic carbocycles. The molecule has 4 nitrogen and oxygen atoms in total. The van der Waals surface area contributed by atoms with Crippen molar-refractivity contribution in [1.82, 2.24) is 5.64 Å².